The van der Waals surface area contributed by atoms with Crippen molar-refractivity contribution in [2.45, 2.75) is 73.3 Å². The van der Waals surface area contributed by atoms with E-state index in [1.165, 1.54) is 31.4 Å². The number of aryl methyl sites for hydroxylation is 2. The van der Waals surface area contributed by atoms with Crippen molar-refractivity contribution in [3.05, 3.63) is 17.5 Å². The zero-order valence-electron chi connectivity index (χ0n) is 14.4. The summed E-state index contributed by atoms with van der Waals surface area (Å²) in [5.41, 5.74) is 3.20. The van der Waals surface area contributed by atoms with Gasteiger partial charge in [-0.15, -0.1) is 11.6 Å². The summed E-state index contributed by atoms with van der Waals surface area (Å²) in [6, 6.07) is 2.24. The Balaban J connectivity index is 2.10. The van der Waals surface area contributed by atoms with Crippen molar-refractivity contribution in [2.75, 3.05) is 5.88 Å². The molecule has 1 aliphatic rings. The molecular weight excluding hydrogens is 280 g/mol. The number of halogens is 1. The smallest absolute Gasteiger partial charge is 0.0596 e. The minimum atomic E-state index is 0.280. The van der Waals surface area contributed by atoms with E-state index in [1.807, 2.05) is 0 Å². The van der Waals surface area contributed by atoms with E-state index in [0.29, 0.717) is 5.41 Å². The van der Waals surface area contributed by atoms with Gasteiger partial charge in [-0.1, -0.05) is 20.8 Å². The van der Waals surface area contributed by atoms with Crippen LogP contribution in [0.2, 0.25) is 0 Å². The highest BCUT2D eigenvalue weighted by molar-refractivity contribution is 6.18. The van der Waals surface area contributed by atoms with Crippen LogP contribution in [0.4, 0.5) is 0 Å². The van der Waals surface area contributed by atoms with E-state index < -0.39 is 0 Å². The number of rotatable bonds is 4. The predicted octanol–water partition coefficient (Wildman–Crippen LogP) is 5.22. The molecule has 1 aliphatic carbocycles. The van der Waals surface area contributed by atoms with Crippen LogP contribution in [0, 0.1) is 23.7 Å². The lowest BCUT2D eigenvalue weighted by Gasteiger charge is -2.43. The van der Waals surface area contributed by atoms with E-state index in [0.717, 1.165) is 30.5 Å². The lowest BCUT2D eigenvalue weighted by atomic mass is 9.63. The first-order chi connectivity index (χ1) is 9.79. The van der Waals surface area contributed by atoms with Crippen LogP contribution in [-0.4, -0.2) is 15.7 Å². The van der Waals surface area contributed by atoms with Gasteiger partial charge in [-0.05, 0) is 68.8 Å². The van der Waals surface area contributed by atoms with Gasteiger partial charge in [0.15, 0.2) is 0 Å². The van der Waals surface area contributed by atoms with Gasteiger partial charge in [0.2, 0.25) is 0 Å². The Labute approximate surface area is 135 Å². The second-order valence-corrected chi connectivity index (χ2v) is 8.31. The van der Waals surface area contributed by atoms with Crippen molar-refractivity contribution in [1.29, 1.82) is 0 Å². The summed E-state index contributed by atoms with van der Waals surface area (Å²) in [6.07, 6.45) is 6.23. The second kappa shape index (κ2) is 6.32. The summed E-state index contributed by atoms with van der Waals surface area (Å²) in [5, 5.41) is 4.59. The van der Waals surface area contributed by atoms with E-state index in [1.54, 1.807) is 0 Å². The van der Waals surface area contributed by atoms with Crippen LogP contribution in [0.25, 0.3) is 0 Å². The summed E-state index contributed by atoms with van der Waals surface area (Å²) in [7, 11) is 0. The van der Waals surface area contributed by atoms with Gasteiger partial charge in [-0.25, -0.2) is 0 Å². The molecule has 0 aromatic carbocycles. The van der Waals surface area contributed by atoms with Crippen LogP contribution >= 0.6 is 11.6 Å². The lowest BCUT2D eigenvalue weighted by Crippen LogP contribution is -2.35. The third-order valence-electron chi connectivity index (χ3n) is 5.40. The fourth-order valence-corrected chi connectivity index (χ4v) is 4.22. The minimum absolute atomic E-state index is 0.280. The number of hydrogen-bond acceptors (Lipinski definition) is 1. The third-order valence-corrected chi connectivity index (χ3v) is 5.96. The normalized spacial score (nSPS) is 27.0. The molecule has 1 saturated carbocycles. The molecule has 0 amide bonds. The molecule has 0 N–H and O–H groups in total. The SMILES string of the molecule is CCn1nc(C)cc1CC1(CCl)CCC(C(C)(C)C)CC1. The van der Waals surface area contributed by atoms with E-state index >= 15 is 0 Å². The third kappa shape index (κ3) is 3.83. The Morgan fingerprint density at radius 2 is 1.95 bits per heavy atom. The molecule has 21 heavy (non-hydrogen) atoms. The highest BCUT2D eigenvalue weighted by Gasteiger charge is 2.38. The number of hydrogen-bond donors (Lipinski definition) is 0. The summed E-state index contributed by atoms with van der Waals surface area (Å²) in [5.74, 6) is 1.62. The Bertz CT molecular complexity index is 462. The van der Waals surface area contributed by atoms with Crippen LogP contribution in [0.3, 0.4) is 0 Å². The van der Waals surface area contributed by atoms with Crippen molar-refractivity contribution in [3.8, 4) is 0 Å². The van der Waals surface area contributed by atoms with Gasteiger partial charge in [0.05, 0.1) is 5.69 Å². The van der Waals surface area contributed by atoms with Crippen molar-refractivity contribution < 1.29 is 0 Å². The molecule has 0 spiro atoms. The standard InChI is InChI=1S/C18H31ClN2/c1-6-21-16(11-14(2)20-21)12-18(13-19)9-7-15(8-10-18)17(3,4)5/h11,15H,6-10,12-13H2,1-5H3. The average molecular weight is 311 g/mol. The maximum Gasteiger partial charge on any atom is 0.0596 e. The van der Waals surface area contributed by atoms with E-state index in [-0.39, 0.29) is 5.41 Å². The van der Waals surface area contributed by atoms with Crippen LogP contribution in [0.1, 0.15) is 64.8 Å². The molecule has 2 nitrogen and oxygen atoms in total. The van der Waals surface area contributed by atoms with Gasteiger partial charge in [0, 0.05) is 18.1 Å². The van der Waals surface area contributed by atoms with Gasteiger partial charge in [-0.2, -0.15) is 5.10 Å². The molecule has 0 atom stereocenters. The van der Waals surface area contributed by atoms with Crippen molar-refractivity contribution >= 4 is 11.6 Å². The molecule has 0 bridgehead atoms. The molecule has 0 radical (unpaired) electrons. The first kappa shape index (κ1) is 16.9. The van der Waals surface area contributed by atoms with Gasteiger partial charge in [0.25, 0.3) is 0 Å². The molecule has 0 saturated heterocycles. The molecule has 1 heterocycles. The van der Waals surface area contributed by atoms with Crippen LogP contribution in [-0.2, 0) is 13.0 Å². The summed E-state index contributed by atoms with van der Waals surface area (Å²) >= 11 is 6.42. The summed E-state index contributed by atoms with van der Waals surface area (Å²) in [4.78, 5) is 0. The molecular formula is C18H31ClN2. The highest BCUT2D eigenvalue weighted by atomic mass is 35.5. The predicted molar refractivity (Wildman–Crippen MR) is 90.9 cm³/mol. The second-order valence-electron chi connectivity index (χ2n) is 8.04. The summed E-state index contributed by atoms with van der Waals surface area (Å²) in [6.45, 7) is 12.3. The fourth-order valence-electron chi connectivity index (χ4n) is 3.85. The van der Waals surface area contributed by atoms with E-state index in [2.05, 4.69) is 50.5 Å². The molecule has 2 rings (SSSR count). The van der Waals surface area contributed by atoms with E-state index in [9.17, 15) is 0 Å². The molecule has 120 valence electrons. The van der Waals surface area contributed by atoms with Crippen molar-refractivity contribution in [2.24, 2.45) is 16.7 Å². The van der Waals surface area contributed by atoms with Crippen molar-refractivity contribution in [3.63, 3.8) is 0 Å². The summed E-state index contributed by atoms with van der Waals surface area (Å²) < 4.78 is 2.15. The maximum absolute atomic E-state index is 6.42. The first-order valence-corrected chi connectivity index (χ1v) is 8.92. The molecule has 1 fully saturated rings. The Morgan fingerprint density at radius 3 is 2.43 bits per heavy atom. The Morgan fingerprint density at radius 1 is 1.33 bits per heavy atom. The maximum atomic E-state index is 6.42. The average Bonchev–Trinajstić information content (AvgIpc) is 2.78. The molecule has 0 aliphatic heterocycles. The lowest BCUT2D eigenvalue weighted by molar-refractivity contribution is 0.100. The van der Waals surface area contributed by atoms with Crippen LogP contribution < -0.4 is 0 Å². The van der Waals surface area contributed by atoms with Gasteiger partial charge >= 0.3 is 0 Å². The highest BCUT2D eigenvalue weighted by Crippen LogP contribution is 2.47. The molecule has 3 heteroatoms. The van der Waals surface area contributed by atoms with E-state index in [4.69, 9.17) is 11.6 Å². The zero-order chi connectivity index (χ0) is 15.7. The topological polar surface area (TPSA) is 17.8 Å². The zero-order valence-corrected chi connectivity index (χ0v) is 15.1. The molecule has 0 unspecified atom stereocenters. The Hall–Kier alpha value is -0.500. The number of alkyl halides is 1. The monoisotopic (exact) mass is 310 g/mol. The van der Waals surface area contributed by atoms with Crippen LogP contribution in [0.15, 0.2) is 6.07 Å². The quantitative estimate of drug-likeness (QED) is 0.697. The minimum Gasteiger partial charge on any atom is -0.270 e. The van der Waals surface area contributed by atoms with Crippen molar-refractivity contribution in [1.82, 2.24) is 9.78 Å². The first-order valence-electron chi connectivity index (χ1n) is 8.39. The van der Waals surface area contributed by atoms with Gasteiger partial charge < -0.3 is 0 Å². The fraction of sp³-hybridized carbons (Fsp3) is 0.833. The molecule has 1 aromatic heterocycles. The molecule has 1 aromatic rings. The largest absolute Gasteiger partial charge is 0.270 e. The van der Waals surface area contributed by atoms with Gasteiger partial charge in [-0.3, -0.25) is 4.68 Å². The number of aromatic nitrogens is 2. The van der Waals surface area contributed by atoms with Gasteiger partial charge in [0.1, 0.15) is 0 Å². The van der Waals surface area contributed by atoms with Crippen LogP contribution in [0.5, 0.6) is 0 Å². The Kier molecular flexibility index (Phi) is 5.07. The number of nitrogens with zero attached hydrogens (tertiary/aromatic N) is 2.